The molecule has 0 spiro atoms. The van der Waals surface area contributed by atoms with Crippen LogP contribution in [0.15, 0.2) is 57.0 Å². The van der Waals surface area contributed by atoms with Gasteiger partial charge in [-0.05, 0) is 30.3 Å². The molecule has 1 aliphatic rings. The molecular formula is C20H11ClF5N3O2. The van der Waals surface area contributed by atoms with E-state index >= 15 is 0 Å². The van der Waals surface area contributed by atoms with Crippen molar-refractivity contribution >= 4 is 23.7 Å². The minimum atomic E-state index is -4.86. The summed E-state index contributed by atoms with van der Waals surface area (Å²) >= 11 is 5.85. The largest absolute Gasteiger partial charge is 0.573 e. The molecule has 0 N–H and O–H groups in total. The summed E-state index contributed by atoms with van der Waals surface area (Å²) in [6.45, 7) is 0. The SMILES string of the molecule is Fc1cccc(C2=NC(Cc3cc(-c4ccc(OC(F)(F)F)c(Cl)c4)no3)C=N2)c1F. The fraction of sp³-hybridized carbons (Fsp3) is 0.150. The third-order valence-electron chi connectivity index (χ3n) is 4.27. The molecule has 0 saturated carbocycles. The van der Waals surface area contributed by atoms with Crippen LogP contribution in [0, 0.1) is 11.6 Å². The molecule has 2 aromatic carbocycles. The average Bonchev–Trinajstić information content (AvgIpc) is 3.35. The molecule has 1 atom stereocenters. The second kappa shape index (κ2) is 8.10. The van der Waals surface area contributed by atoms with E-state index < -0.39 is 29.8 Å². The fourth-order valence-electron chi connectivity index (χ4n) is 2.91. The monoisotopic (exact) mass is 455 g/mol. The predicted molar refractivity (Wildman–Crippen MR) is 103 cm³/mol. The molecule has 5 nitrogen and oxygen atoms in total. The van der Waals surface area contributed by atoms with Crippen molar-refractivity contribution in [1.82, 2.24) is 5.16 Å². The molecule has 2 heterocycles. The Balaban J connectivity index is 1.48. The maximum absolute atomic E-state index is 13.9. The van der Waals surface area contributed by atoms with Gasteiger partial charge in [0.1, 0.15) is 17.2 Å². The number of nitrogens with zero attached hydrogens (tertiary/aromatic N) is 3. The molecule has 3 aromatic rings. The van der Waals surface area contributed by atoms with Crippen molar-refractivity contribution in [3.05, 3.63) is 70.4 Å². The van der Waals surface area contributed by atoms with Gasteiger partial charge >= 0.3 is 6.36 Å². The van der Waals surface area contributed by atoms with Crippen LogP contribution in [-0.2, 0) is 6.42 Å². The van der Waals surface area contributed by atoms with E-state index in [0.29, 0.717) is 17.0 Å². The fourth-order valence-corrected chi connectivity index (χ4v) is 3.13. The smallest absolute Gasteiger partial charge is 0.404 e. The zero-order chi connectivity index (χ0) is 22.2. The van der Waals surface area contributed by atoms with Crippen molar-refractivity contribution in [3.8, 4) is 17.0 Å². The van der Waals surface area contributed by atoms with E-state index in [2.05, 4.69) is 19.9 Å². The Morgan fingerprint density at radius 3 is 2.65 bits per heavy atom. The molecule has 1 aromatic heterocycles. The van der Waals surface area contributed by atoms with E-state index in [1.54, 1.807) is 6.07 Å². The number of amidine groups is 1. The molecule has 160 valence electrons. The Hall–Kier alpha value is -3.27. The Bertz CT molecular complexity index is 1190. The van der Waals surface area contributed by atoms with Crippen molar-refractivity contribution in [2.24, 2.45) is 9.98 Å². The van der Waals surface area contributed by atoms with Gasteiger partial charge in [0.25, 0.3) is 0 Å². The molecule has 1 unspecified atom stereocenters. The lowest BCUT2D eigenvalue weighted by Gasteiger charge is -2.10. The molecule has 11 heteroatoms. The van der Waals surface area contributed by atoms with Gasteiger partial charge < -0.3 is 9.26 Å². The van der Waals surface area contributed by atoms with Gasteiger partial charge in [0.2, 0.25) is 0 Å². The number of ether oxygens (including phenoxy) is 1. The van der Waals surface area contributed by atoms with Crippen LogP contribution in [-0.4, -0.2) is 29.6 Å². The summed E-state index contributed by atoms with van der Waals surface area (Å²) in [5.74, 6) is -2.09. The van der Waals surface area contributed by atoms with E-state index in [1.165, 1.54) is 30.5 Å². The summed E-state index contributed by atoms with van der Waals surface area (Å²) in [4.78, 5) is 8.29. The van der Waals surface area contributed by atoms with Crippen LogP contribution in [0.3, 0.4) is 0 Å². The molecule has 0 radical (unpaired) electrons. The molecular weight excluding hydrogens is 445 g/mol. The average molecular weight is 456 g/mol. The lowest BCUT2D eigenvalue weighted by Crippen LogP contribution is -2.17. The van der Waals surface area contributed by atoms with Crippen molar-refractivity contribution < 1.29 is 31.2 Å². The first-order chi connectivity index (χ1) is 14.7. The van der Waals surface area contributed by atoms with Crippen LogP contribution in [0.25, 0.3) is 11.3 Å². The highest BCUT2D eigenvalue weighted by atomic mass is 35.5. The van der Waals surface area contributed by atoms with Crippen molar-refractivity contribution in [2.45, 2.75) is 18.8 Å². The molecule has 0 saturated heterocycles. The highest BCUT2D eigenvalue weighted by molar-refractivity contribution is 6.32. The first-order valence-corrected chi connectivity index (χ1v) is 9.15. The summed E-state index contributed by atoms with van der Waals surface area (Å²) in [5, 5.41) is 3.64. The number of benzene rings is 2. The van der Waals surface area contributed by atoms with Crippen LogP contribution in [0.4, 0.5) is 22.0 Å². The third-order valence-corrected chi connectivity index (χ3v) is 4.57. The van der Waals surface area contributed by atoms with Crippen LogP contribution in [0.1, 0.15) is 11.3 Å². The first kappa shape index (κ1) is 21.0. The van der Waals surface area contributed by atoms with Crippen LogP contribution in [0.5, 0.6) is 5.75 Å². The van der Waals surface area contributed by atoms with Gasteiger partial charge in [-0.3, -0.25) is 4.99 Å². The van der Waals surface area contributed by atoms with Gasteiger partial charge in [-0.15, -0.1) is 13.2 Å². The number of aliphatic imine (C=N–C) groups is 2. The van der Waals surface area contributed by atoms with E-state index in [0.717, 1.165) is 12.1 Å². The van der Waals surface area contributed by atoms with Gasteiger partial charge in [-0.2, -0.15) is 0 Å². The number of aromatic nitrogens is 1. The molecule has 31 heavy (non-hydrogen) atoms. The summed E-state index contributed by atoms with van der Waals surface area (Å²) in [6.07, 6.45) is -3.15. The van der Waals surface area contributed by atoms with E-state index in [-0.39, 0.29) is 22.8 Å². The standard InChI is InChI=1S/C20H11ClF5N3O2/c21-14-6-10(4-5-17(14)30-20(24,25)26)16-8-12(31-29-16)7-11-9-27-19(28-11)13-2-1-3-15(22)18(13)23/h1-6,8-9,11H,7H2. The predicted octanol–water partition coefficient (Wildman–Crippen LogP) is 5.61. The lowest BCUT2D eigenvalue weighted by atomic mass is 10.1. The molecule has 1 aliphatic heterocycles. The van der Waals surface area contributed by atoms with Crippen molar-refractivity contribution in [3.63, 3.8) is 0 Å². The topological polar surface area (TPSA) is 60.0 Å². The minimum absolute atomic E-state index is 0.0483. The van der Waals surface area contributed by atoms with Gasteiger partial charge in [-0.1, -0.05) is 22.8 Å². The Kier molecular flexibility index (Phi) is 5.48. The number of rotatable bonds is 5. The first-order valence-electron chi connectivity index (χ1n) is 8.77. The van der Waals surface area contributed by atoms with Gasteiger partial charge in [-0.25, -0.2) is 13.8 Å². The van der Waals surface area contributed by atoms with Gasteiger partial charge in [0.15, 0.2) is 17.5 Å². The molecule has 0 amide bonds. The summed E-state index contributed by atoms with van der Waals surface area (Å²) in [5.41, 5.74) is 0.708. The zero-order valence-corrected chi connectivity index (χ0v) is 16.1. The normalized spacial score (nSPS) is 15.9. The summed E-state index contributed by atoms with van der Waals surface area (Å²) in [7, 11) is 0. The van der Waals surface area contributed by atoms with E-state index in [4.69, 9.17) is 16.1 Å². The highest BCUT2D eigenvalue weighted by Crippen LogP contribution is 2.33. The number of alkyl halides is 3. The number of halogens is 6. The van der Waals surface area contributed by atoms with Crippen LogP contribution in [0.2, 0.25) is 5.02 Å². The van der Waals surface area contributed by atoms with Crippen molar-refractivity contribution in [2.75, 3.05) is 0 Å². The third kappa shape index (κ3) is 4.74. The maximum Gasteiger partial charge on any atom is 0.573 e. The van der Waals surface area contributed by atoms with Crippen LogP contribution < -0.4 is 4.74 Å². The second-order valence-electron chi connectivity index (χ2n) is 6.48. The van der Waals surface area contributed by atoms with E-state index in [1.807, 2.05) is 0 Å². The highest BCUT2D eigenvalue weighted by Gasteiger charge is 2.32. The zero-order valence-electron chi connectivity index (χ0n) is 15.3. The van der Waals surface area contributed by atoms with Gasteiger partial charge in [0.05, 0.1) is 16.6 Å². The van der Waals surface area contributed by atoms with Crippen LogP contribution >= 0.6 is 11.6 Å². The number of hydrogen-bond acceptors (Lipinski definition) is 5. The molecule has 4 rings (SSSR count). The molecule has 0 aliphatic carbocycles. The van der Waals surface area contributed by atoms with Gasteiger partial charge in [0, 0.05) is 24.3 Å². The molecule has 0 bridgehead atoms. The Labute approximate surface area is 176 Å². The Morgan fingerprint density at radius 1 is 1.10 bits per heavy atom. The summed E-state index contributed by atoms with van der Waals surface area (Å²) < 4.78 is 73.4. The van der Waals surface area contributed by atoms with E-state index in [9.17, 15) is 22.0 Å². The number of hydrogen-bond donors (Lipinski definition) is 0. The molecule has 0 fully saturated rings. The quantitative estimate of drug-likeness (QED) is 0.470. The summed E-state index contributed by atoms with van der Waals surface area (Å²) in [6, 6.07) is 8.52. The minimum Gasteiger partial charge on any atom is -0.404 e. The Morgan fingerprint density at radius 2 is 1.90 bits per heavy atom. The van der Waals surface area contributed by atoms with Crippen molar-refractivity contribution in [1.29, 1.82) is 0 Å². The second-order valence-corrected chi connectivity index (χ2v) is 6.88. The lowest BCUT2D eigenvalue weighted by molar-refractivity contribution is -0.274. The maximum atomic E-state index is 13.9.